The number of carbonyl (C=O) groups excluding carboxylic acids is 3. The molecule has 7 heteroatoms. The number of methoxy groups -OCH3 is 1. The van der Waals surface area contributed by atoms with Gasteiger partial charge in [-0.25, -0.2) is 4.79 Å². The maximum absolute atomic E-state index is 12.3. The van der Waals surface area contributed by atoms with Crippen molar-refractivity contribution >= 4 is 17.7 Å². The van der Waals surface area contributed by atoms with Crippen molar-refractivity contribution in [2.24, 2.45) is 0 Å². The molecule has 0 aromatic heterocycles. The molecule has 0 aliphatic carbocycles. The molecule has 7 nitrogen and oxygen atoms in total. The van der Waals surface area contributed by atoms with Crippen LogP contribution in [0.15, 0.2) is 42.5 Å². The van der Waals surface area contributed by atoms with Crippen LogP contribution >= 0.6 is 0 Å². The van der Waals surface area contributed by atoms with E-state index in [1.807, 2.05) is 19.1 Å². The molecular formula is C23H27NO6. The van der Waals surface area contributed by atoms with Crippen LogP contribution in [0.4, 0.5) is 0 Å². The highest BCUT2D eigenvalue weighted by atomic mass is 16.5. The van der Waals surface area contributed by atoms with Crippen molar-refractivity contribution in [3.05, 3.63) is 59.2 Å². The lowest BCUT2D eigenvalue weighted by Gasteiger charge is -2.11. The molecule has 2 rings (SSSR count). The van der Waals surface area contributed by atoms with E-state index in [0.29, 0.717) is 30.2 Å². The Morgan fingerprint density at radius 2 is 1.67 bits per heavy atom. The third-order valence-electron chi connectivity index (χ3n) is 4.33. The van der Waals surface area contributed by atoms with Gasteiger partial charge in [0.15, 0.2) is 23.9 Å². The first-order valence-corrected chi connectivity index (χ1v) is 9.79. The third-order valence-corrected chi connectivity index (χ3v) is 4.33. The molecule has 0 bridgehead atoms. The van der Waals surface area contributed by atoms with E-state index in [-0.39, 0.29) is 23.9 Å². The Labute approximate surface area is 176 Å². The van der Waals surface area contributed by atoms with Crippen molar-refractivity contribution in [1.29, 1.82) is 0 Å². The zero-order valence-corrected chi connectivity index (χ0v) is 17.5. The summed E-state index contributed by atoms with van der Waals surface area (Å²) in [6.07, 6.45) is 1.61. The first-order valence-electron chi connectivity index (χ1n) is 9.79. The minimum Gasteiger partial charge on any atom is -0.493 e. The molecule has 0 saturated carbocycles. The summed E-state index contributed by atoms with van der Waals surface area (Å²) in [6, 6.07) is 11.9. The smallest absolute Gasteiger partial charge is 0.338 e. The number of aryl methyl sites for hydroxylation is 1. The topological polar surface area (TPSA) is 90.9 Å². The van der Waals surface area contributed by atoms with E-state index in [1.165, 1.54) is 20.1 Å². The second-order valence-corrected chi connectivity index (χ2v) is 6.58. The predicted molar refractivity (Wildman–Crippen MR) is 112 cm³/mol. The molecule has 0 fully saturated rings. The number of benzene rings is 2. The van der Waals surface area contributed by atoms with Gasteiger partial charge >= 0.3 is 5.97 Å². The Kier molecular flexibility index (Phi) is 8.87. The van der Waals surface area contributed by atoms with Gasteiger partial charge in [0.05, 0.1) is 19.3 Å². The molecule has 1 N–H and O–H groups in total. The standard InChI is InChI=1S/C23H27NO6/c1-4-29-21-12-11-19(14-22(21)28-3)23(27)30-15-20(26)18-9-7-17(8-10-18)6-5-13-24-16(2)25/h7-12,14H,4-6,13,15H2,1-3H3,(H,24,25). The van der Waals surface area contributed by atoms with Gasteiger partial charge in [-0.3, -0.25) is 9.59 Å². The highest BCUT2D eigenvalue weighted by Gasteiger charge is 2.15. The van der Waals surface area contributed by atoms with E-state index in [2.05, 4.69) is 5.32 Å². The molecule has 0 radical (unpaired) electrons. The molecule has 160 valence electrons. The number of ether oxygens (including phenoxy) is 3. The van der Waals surface area contributed by atoms with E-state index in [9.17, 15) is 14.4 Å². The number of hydrogen-bond acceptors (Lipinski definition) is 6. The van der Waals surface area contributed by atoms with Crippen LogP contribution in [0.25, 0.3) is 0 Å². The third kappa shape index (κ3) is 6.92. The van der Waals surface area contributed by atoms with Crippen LogP contribution in [0, 0.1) is 0 Å². The molecule has 1 amide bonds. The number of esters is 1. The van der Waals surface area contributed by atoms with Crippen molar-refractivity contribution in [1.82, 2.24) is 5.32 Å². The van der Waals surface area contributed by atoms with E-state index in [1.54, 1.807) is 24.3 Å². The van der Waals surface area contributed by atoms with Crippen LogP contribution in [-0.4, -0.2) is 44.5 Å². The molecule has 0 unspecified atom stereocenters. The number of nitrogens with one attached hydrogen (secondary N) is 1. The lowest BCUT2D eigenvalue weighted by Crippen LogP contribution is -2.21. The Hall–Kier alpha value is -3.35. The SMILES string of the molecule is CCOc1ccc(C(=O)OCC(=O)c2ccc(CCCNC(C)=O)cc2)cc1OC. The number of carbonyl (C=O) groups is 3. The van der Waals surface area contributed by atoms with Crippen molar-refractivity contribution < 1.29 is 28.6 Å². The highest BCUT2D eigenvalue weighted by Crippen LogP contribution is 2.28. The molecule has 0 aliphatic rings. The van der Waals surface area contributed by atoms with Crippen LogP contribution in [0.3, 0.4) is 0 Å². The fourth-order valence-electron chi connectivity index (χ4n) is 2.78. The summed E-state index contributed by atoms with van der Waals surface area (Å²) in [5, 5.41) is 2.75. The van der Waals surface area contributed by atoms with E-state index < -0.39 is 5.97 Å². The van der Waals surface area contributed by atoms with Crippen molar-refractivity contribution in [3.8, 4) is 11.5 Å². The van der Waals surface area contributed by atoms with Gasteiger partial charge in [-0.15, -0.1) is 0 Å². The molecule has 30 heavy (non-hydrogen) atoms. The van der Waals surface area contributed by atoms with Gasteiger partial charge in [-0.2, -0.15) is 0 Å². The van der Waals surface area contributed by atoms with Crippen LogP contribution in [0.1, 0.15) is 46.5 Å². The lowest BCUT2D eigenvalue weighted by molar-refractivity contribution is -0.118. The number of Topliss-reactive ketones (excluding diaryl/α,β-unsaturated/α-hetero) is 1. The van der Waals surface area contributed by atoms with Gasteiger partial charge in [0.25, 0.3) is 0 Å². The number of amides is 1. The highest BCUT2D eigenvalue weighted by molar-refractivity contribution is 5.99. The first kappa shape index (κ1) is 22.9. The van der Waals surface area contributed by atoms with Crippen molar-refractivity contribution in [3.63, 3.8) is 0 Å². The molecular weight excluding hydrogens is 386 g/mol. The molecule has 2 aromatic carbocycles. The van der Waals surface area contributed by atoms with Crippen LogP contribution < -0.4 is 14.8 Å². The van der Waals surface area contributed by atoms with Crippen LogP contribution in [0.5, 0.6) is 11.5 Å². The first-order chi connectivity index (χ1) is 14.4. The van der Waals surface area contributed by atoms with Gasteiger partial charge in [0.1, 0.15) is 0 Å². The lowest BCUT2D eigenvalue weighted by atomic mass is 10.1. The molecule has 0 atom stereocenters. The average molecular weight is 413 g/mol. The van der Waals surface area contributed by atoms with Gasteiger partial charge in [0.2, 0.25) is 5.91 Å². The average Bonchev–Trinajstić information content (AvgIpc) is 2.75. The normalized spacial score (nSPS) is 10.2. The Morgan fingerprint density at radius 3 is 2.30 bits per heavy atom. The fraction of sp³-hybridized carbons (Fsp3) is 0.348. The Balaban J connectivity index is 1.87. The summed E-state index contributed by atoms with van der Waals surface area (Å²) < 4.78 is 15.8. The molecule has 0 saturated heterocycles. The fourth-order valence-corrected chi connectivity index (χ4v) is 2.78. The van der Waals surface area contributed by atoms with Crippen LogP contribution in [0.2, 0.25) is 0 Å². The monoisotopic (exact) mass is 413 g/mol. The number of ketones is 1. The summed E-state index contributed by atoms with van der Waals surface area (Å²) in [7, 11) is 1.49. The second-order valence-electron chi connectivity index (χ2n) is 6.58. The quantitative estimate of drug-likeness (QED) is 0.346. The summed E-state index contributed by atoms with van der Waals surface area (Å²) in [5.74, 6) is 0.0102. The summed E-state index contributed by atoms with van der Waals surface area (Å²) >= 11 is 0. The summed E-state index contributed by atoms with van der Waals surface area (Å²) in [6.45, 7) is 4.08. The summed E-state index contributed by atoms with van der Waals surface area (Å²) in [5.41, 5.74) is 1.81. The molecule has 0 aliphatic heterocycles. The maximum Gasteiger partial charge on any atom is 0.338 e. The van der Waals surface area contributed by atoms with Crippen molar-refractivity contribution in [2.45, 2.75) is 26.7 Å². The Bertz CT molecular complexity index is 876. The van der Waals surface area contributed by atoms with E-state index in [0.717, 1.165) is 18.4 Å². The largest absolute Gasteiger partial charge is 0.493 e. The minimum absolute atomic E-state index is 0.0471. The minimum atomic E-state index is -0.612. The molecule has 0 heterocycles. The van der Waals surface area contributed by atoms with E-state index >= 15 is 0 Å². The maximum atomic E-state index is 12.3. The molecule has 0 spiro atoms. The van der Waals surface area contributed by atoms with Gasteiger partial charge in [0, 0.05) is 19.0 Å². The van der Waals surface area contributed by atoms with Crippen molar-refractivity contribution in [2.75, 3.05) is 26.9 Å². The zero-order chi connectivity index (χ0) is 21.9. The number of rotatable bonds is 11. The van der Waals surface area contributed by atoms with Crippen LogP contribution in [-0.2, 0) is 16.0 Å². The second kappa shape index (κ2) is 11.6. The van der Waals surface area contributed by atoms with E-state index in [4.69, 9.17) is 14.2 Å². The number of hydrogen-bond donors (Lipinski definition) is 1. The van der Waals surface area contributed by atoms with Gasteiger partial charge in [-0.1, -0.05) is 24.3 Å². The van der Waals surface area contributed by atoms with Gasteiger partial charge < -0.3 is 19.5 Å². The Morgan fingerprint density at radius 1 is 0.967 bits per heavy atom. The predicted octanol–water partition coefficient (Wildman–Crippen LogP) is 3.20. The van der Waals surface area contributed by atoms with Gasteiger partial charge in [-0.05, 0) is 43.5 Å². The summed E-state index contributed by atoms with van der Waals surface area (Å²) in [4.78, 5) is 35.4. The zero-order valence-electron chi connectivity index (χ0n) is 17.5. The molecule has 2 aromatic rings.